The molecule has 1 aliphatic rings. The van der Waals surface area contributed by atoms with Gasteiger partial charge in [-0.15, -0.1) is 0 Å². The minimum absolute atomic E-state index is 0.0536. The van der Waals surface area contributed by atoms with Gasteiger partial charge in [0.15, 0.2) is 0 Å². The van der Waals surface area contributed by atoms with Gasteiger partial charge in [-0.2, -0.15) is 0 Å². The molecular formula is C12H14N2O. The van der Waals surface area contributed by atoms with E-state index in [1.807, 2.05) is 41.5 Å². The summed E-state index contributed by atoms with van der Waals surface area (Å²) in [6.07, 6.45) is 6.17. The fourth-order valence-electron chi connectivity index (χ4n) is 1.53. The van der Waals surface area contributed by atoms with Crippen molar-refractivity contribution in [2.45, 2.75) is 12.8 Å². The fourth-order valence-corrected chi connectivity index (χ4v) is 1.53. The van der Waals surface area contributed by atoms with E-state index in [0.717, 1.165) is 19.4 Å². The molecule has 0 radical (unpaired) electrons. The lowest BCUT2D eigenvalue weighted by atomic mass is 10.2. The number of carbonyl (C=O) groups excluding carboxylic acids is 1. The molecule has 1 N–H and O–H groups in total. The summed E-state index contributed by atoms with van der Waals surface area (Å²) < 4.78 is 0. The van der Waals surface area contributed by atoms with Gasteiger partial charge in [0, 0.05) is 18.3 Å². The summed E-state index contributed by atoms with van der Waals surface area (Å²) >= 11 is 0. The van der Waals surface area contributed by atoms with Crippen LogP contribution in [-0.4, -0.2) is 17.5 Å². The first-order valence-corrected chi connectivity index (χ1v) is 5.15. The highest BCUT2D eigenvalue weighted by Gasteiger charge is 2.08. The van der Waals surface area contributed by atoms with Gasteiger partial charge in [0.2, 0.25) is 0 Å². The van der Waals surface area contributed by atoms with E-state index in [2.05, 4.69) is 11.5 Å². The summed E-state index contributed by atoms with van der Waals surface area (Å²) in [5, 5.41) is 1.83. The standard InChI is InChI=1S/C12H14N2O/c15-12(11-7-3-1-4-8-11)13-14-9-5-2-6-10-14/h1,3-5,7-9H,2,6,10H2,(H,13,15). The molecule has 1 aromatic carbocycles. The van der Waals surface area contributed by atoms with E-state index in [1.165, 1.54) is 0 Å². The third-order valence-electron chi connectivity index (χ3n) is 2.34. The summed E-state index contributed by atoms with van der Waals surface area (Å²) in [4.78, 5) is 11.7. The highest BCUT2D eigenvalue weighted by atomic mass is 16.2. The van der Waals surface area contributed by atoms with Crippen molar-refractivity contribution in [1.82, 2.24) is 10.4 Å². The molecule has 0 aliphatic carbocycles. The van der Waals surface area contributed by atoms with Gasteiger partial charge in [0.1, 0.15) is 0 Å². The van der Waals surface area contributed by atoms with Gasteiger partial charge in [-0.3, -0.25) is 15.2 Å². The first-order valence-electron chi connectivity index (χ1n) is 5.15. The fraction of sp³-hybridized carbons (Fsp3) is 0.250. The number of hydrogen-bond donors (Lipinski definition) is 1. The number of nitrogens with one attached hydrogen (secondary N) is 1. The third-order valence-corrected chi connectivity index (χ3v) is 2.34. The first kappa shape index (κ1) is 9.77. The Bertz CT molecular complexity index is 359. The zero-order chi connectivity index (χ0) is 10.5. The number of hydrazine groups is 1. The molecule has 3 heteroatoms. The second-order valence-corrected chi connectivity index (χ2v) is 3.53. The maximum atomic E-state index is 11.7. The van der Waals surface area contributed by atoms with Crippen LogP contribution < -0.4 is 5.43 Å². The summed E-state index contributed by atoms with van der Waals surface area (Å²) in [5.41, 5.74) is 3.53. The number of nitrogens with zero attached hydrogens (tertiary/aromatic N) is 1. The lowest BCUT2D eigenvalue weighted by Gasteiger charge is -2.23. The first-order chi connectivity index (χ1) is 7.36. The van der Waals surface area contributed by atoms with Crippen LogP contribution in [0.1, 0.15) is 23.2 Å². The quantitative estimate of drug-likeness (QED) is 0.794. The number of amides is 1. The number of carbonyl (C=O) groups is 1. The van der Waals surface area contributed by atoms with Crippen LogP contribution in [0.3, 0.4) is 0 Å². The molecule has 0 atom stereocenters. The van der Waals surface area contributed by atoms with Crippen LogP contribution in [-0.2, 0) is 0 Å². The lowest BCUT2D eigenvalue weighted by Crippen LogP contribution is -2.40. The number of allylic oxidation sites excluding steroid dienone is 1. The average molecular weight is 202 g/mol. The number of hydrogen-bond acceptors (Lipinski definition) is 2. The van der Waals surface area contributed by atoms with Crippen molar-refractivity contribution in [2.75, 3.05) is 6.54 Å². The number of benzene rings is 1. The van der Waals surface area contributed by atoms with Crippen LogP contribution in [0.5, 0.6) is 0 Å². The Morgan fingerprint density at radius 3 is 2.73 bits per heavy atom. The largest absolute Gasteiger partial charge is 0.293 e. The van der Waals surface area contributed by atoms with Crippen LogP contribution in [0.15, 0.2) is 42.6 Å². The Morgan fingerprint density at radius 2 is 2.07 bits per heavy atom. The van der Waals surface area contributed by atoms with E-state index in [0.29, 0.717) is 5.56 Å². The van der Waals surface area contributed by atoms with Gasteiger partial charge in [-0.05, 0) is 25.0 Å². The van der Waals surface area contributed by atoms with Crippen LogP contribution in [0.4, 0.5) is 0 Å². The maximum Gasteiger partial charge on any atom is 0.269 e. The molecule has 78 valence electrons. The van der Waals surface area contributed by atoms with E-state index in [4.69, 9.17) is 0 Å². The monoisotopic (exact) mass is 202 g/mol. The Balaban J connectivity index is 1.98. The molecular weight excluding hydrogens is 188 g/mol. The van der Waals surface area contributed by atoms with Gasteiger partial charge in [0.05, 0.1) is 0 Å². The minimum Gasteiger partial charge on any atom is -0.293 e. The molecule has 0 aromatic heterocycles. The van der Waals surface area contributed by atoms with Crippen LogP contribution >= 0.6 is 0 Å². The van der Waals surface area contributed by atoms with Gasteiger partial charge < -0.3 is 0 Å². The van der Waals surface area contributed by atoms with E-state index < -0.39 is 0 Å². The molecule has 2 rings (SSSR count). The van der Waals surface area contributed by atoms with E-state index in [1.54, 1.807) is 0 Å². The predicted octanol–water partition coefficient (Wildman–Crippen LogP) is 1.94. The zero-order valence-electron chi connectivity index (χ0n) is 8.52. The van der Waals surface area contributed by atoms with Crippen molar-refractivity contribution in [3.05, 3.63) is 48.2 Å². The molecule has 0 saturated carbocycles. The molecule has 1 aromatic rings. The Hall–Kier alpha value is -1.77. The van der Waals surface area contributed by atoms with Crippen molar-refractivity contribution < 1.29 is 4.79 Å². The molecule has 1 aliphatic heterocycles. The van der Waals surface area contributed by atoms with E-state index in [9.17, 15) is 4.79 Å². The molecule has 0 saturated heterocycles. The lowest BCUT2D eigenvalue weighted by molar-refractivity contribution is 0.0846. The smallest absolute Gasteiger partial charge is 0.269 e. The second kappa shape index (κ2) is 4.64. The molecule has 0 unspecified atom stereocenters. The van der Waals surface area contributed by atoms with E-state index in [-0.39, 0.29) is 5.91 Å². The second-order valence-electron chi connectivity index (χ2n) is 3.53. The van der Waals surface area contributed by atoms with Gasteiger partial charge in [-0.25, -0.2) is 0 Å². The van der Waals surface area contributed by atoms with Crippen molar-refractivity contribution in [3.8, 4) is 0 Å². The van der Waals surface area contributed by atoms with Crippen molar-refractivity contribution >= 4 is 5.91 Å². The topological polar surface area (TPSA) is 32.3 Å². The number of rotatable bonds is 2. The molecule has 1 heterocycles. The summed E-state index contributed by atoms with van der Waals surface area (Å²) in [6.45, 7) is 0.884. The Kier molecular flexibility index (Phi) is 3.02. The summed E-state index contributed by atoms with van der Waals surface area (Å²) in [5.74, 6) is -0.0536. The molecule has 0 fully saturated rings. The van der Waals surface area contributed by atoms with Gasteiger partial charge in [-0.1, -0.05) is 24.3 Å². The minimum atomic E-state index is -0.0536. The molecule has 0 bridgehead atoms. The van der Waals surface area contributed by atoms with Crippen LogP contribution in [0.2, 0.25) is 0 Å². The Morgan fingerprint density at radius 1 is 1.27 bits per heavy atom. The molecule has 0 spiro atoms. The van der Waals surface area contributed by atoms with Crippen LogP contribution in [0.25, 0.3) is 0 Å². The van der Waals surface area contributed by atoms with Crippen molar-refractivity contribution in [2.24, 2.45) is 0 Å². The predicted molar refractivity (Wildman–Crippen MR) is 59.0 cm³/mol. The molecule has 3 nitrogen and oxygen atoms in total. The van der Waals surface area contributed by atoms with E-state index >= 15 is 0 Å². The SMILES string of the molecule is O=C(NN1C=CCCC1)c1ccccc1. The van der Waals surface area contributed by atoms with Crippen LogP contribution in [0, 0.1) is 0 Å². The van der Waals surface area contributed by atoms with Crippen molar-refractivity contribution in [1.29, 1.82) is 0 Å². The highest BCUT2D eigenvalue weighted by Crippen LogP contribution is 2.04. The third kappa shape index (κ3) is 2.59. The molecule has 1 amide bonds. The molecule has 15 heavy (non-hydrogen) atoms. The summed E-state index contributed by atoms with van der Waals surface area (Å²) in [7, 11) is 0. The Labute approximate surface area is 89.4 Å². The highest BCUT2D eigenvalue weighted by molar-refractivity contribution is 5.93. The summed E-state index contributed by atoms with van der Waals surface area (Å²) in [6, 6.07) is 9.24. The van der Waals surface area contributed by atoms with Gasteiger partial charge >= 0.3 is 0 Å². The zero-order valence-corrected chi connectivity index (χ0v) is 8.52. The average Bonchev–Trinajstić information content (AvgIpc) is 2.31. The van der Waals surface area contributed by atoms with Crippen molar-refractivity contribution in [3.63, 3.8) is 0 Å². The maximum absolute atomic E-state index is 11.7. The van der Waals surface area contributed by atoms with Gasteiger partial charge in [0.25, 0.3) is 5.91 Å². The normalized spacial score (nSPS) is 15.1.